The summed E-state index contributed by atoms with van der Waals surface area (Å²) in [5.74, 6) is -0.233. The first-order valence-electron chi connectivity index (χ1n) is 5.70. The summed E-state index contributed by atoms with van der Waals surface area (Å²) in [6.07, 6.45) is 0.841. The number of anilines is 1. The van der Waals surface area contributed by atoms with Crippen molar-refractivity contribution in [1.82, 2.24) is 5.32 Å². The van der Waals surface area contributed by atoms with Gasteiger partial charge in [-0.2, -0.15) is 0 Å². The molecular weight excluding hydrogens is 272 g/mol. The van der Waals surface area contributed by atoms with Crippen LogP contribution < -0.4 is 11.1 Å². The van der Waals surface area contributed by atoms with E-state index in [-0.39, 0.29) is 5.91 Å². The number of benzene rings is 1. The third kappa shape index (κ3) is 3.71. The van der Waals surface area contributed by atoms with Gasteiger partial charge in [0.25, 0.3) is 0 Å². The summed E-state index contributed by atoms with van der Waals surface area (Å²) < 4.78 is 12.2. The molecule has 18 heavy (non-hydrogen) atoms. The van der Waals surface area contributed by atoms with Crippen molar-refractivity contribution in [2.45, 2.75) is 30.4 Å². The number of hydrogen-bond acceptors (Lipinski definition) is 3. The zero-order chi connectivity index (χ0) is 13.7. The summed E-state index contributed by atoms with van der Waals surface area (Å²) in [7, 11) is -1.48. The Kier molecular flexibility index (Phi) is 5.62. The predicted molar refractivity (Wildman–Crippen MR) is 75.0 cm³/mol. The molecule has 0 fully saturated rings. The van der Waals surface area contributed by atoms with Crippen molar-refractivity contribution in [3.63, 3.8) is 0 Å². The molecule has 1 aromatic carbocycles. The van der Waals surface area contributed by atoms with Gasteiger partial charge in [0.05, 0.1) is 20.7 Å². The highest BCUT2D eigenvalue weighted by molar-refractivity contribution is 7.86. The standard InChI is InChI=1S/C12H17ClN2O2S/c1-3-6-15-12(16)8(2)18(17)11-5-4-9(14)7-10(11)13/h4-5,7-8H,3,6,14H2,1-2H3,(H,15,16). The lowest BCUT2D eigenvalue weighted by Gasteiger charge is -2.12. The number of hydrogen-bond donors (Lipinski definition) is 2. The minimum absolute atomic E-state index is 0.233. The second-order valence-corrected chi connectivity index (χ2v) is 6.07. The number of halogens is 1. The second kappa shape index (κ2) is 6.75. The van der Waals surface area contributed by atoms with Crippen molar-refractivity contribution in [1.29, 1.82) is 0 Å². The molecule has 2 unspecified atom stereocenters. The number of amides is 1. The van der Waals surface area contributed by atoms with E-state index in [1.165, 1.54) is 6.07 Å². The molecule has 2 atom stereocenters. The highest BCUT2D eigenvalue weighted by atomic mass is 35.5. The van der Waals surface area contributed by atoms with E-state index in [4.69, 9.17) is 17.3 Å². The average Bonchev–Trinajstić information content (AvgIpc) is 2.34. The third-order valence-corrected chi connectivity index (χ3v) is 4.48. The average molecular weight is 289 g/mol. The Labute approximate surface area is 114 Å². The minimum Gasteiger partial charge on any atom is -0.399 e. The molecule has 0 saturated carbocycles. The van der Waals surface area contributed by atoms with Gasteiger partial charge < -0.3 is 11.1 Å². The van der Waals surface area contributed by atoms with Gasteiger partial charge >= 0.3 is 0 Å². The first-order valence-corrected chi connectivity index (χ1v) is 7.29. The summed E-state index contributed by atoms with van der Waals surface area (Å²) in [4.78, 5) is 12.2. The Morgan fingerprint density at radius 2 is 2.22 bits per heavy atom. The Morgan fingerprint density at radius 3 is 2.78 bits per heavy atom. The lowest BCUT2D eigenvalue weighted by Crippen LogP contribution is -2.35. The molecule has 100 valence electrons. The van der Waals surface area contributed by atoms with Gasteiger partial charge in [0.2, 0.25) is 5.91 Å². The van der Waals surface area contributed by atoms with Crippen LogP contribution >= 0.6 is 11.6 Å². The van der Waals surface area contributed by atoms with Crippen molar-refractivity contribution in [2.24, 2.45) is 0 Å². The summed E-state index contributed by atoms with van der Waals surface area (Å²) in [6.45, 7) is 4.16. The molecule has 0 bridgehead atoms. The molecule has 3 N–H and O–H groups in total. The number of carbonyl (C=O) groups is 1. The monoisotopic (exact) mass is 288 g/mol. The maximum atomic E-state index is 12.2. The van der Waals surface area contributed by atoms with Crippen LogP contribution in [0.25, 0.3) is 0 Å². The Balaban J connectivity index is 2.83. The zero-order valence-corrected chi connectivity index (χ0v) is 12.0. The summed E-state index contributed by atoms with van der Waals surface area (Å²) >= 11 is 5.97. The van der Waals surface area contributed by atoms with E-state index in [0.29, 0.717) is 22.2 Å². The fraction of sp³-hybridized carbons (Fsp3) is 0.417. The lowest BCUT2D eigenvalue weighted by molar-refractivity contribution is -0.120. The molecule has 0 heterocycles. The van der Waals surface area contributed by atoms with Crippen LogP contribution in [0.3, 0.4) is 0 Å². The highest BCUT2D eigenvalue weighted by Crippen LogP contribution is 2.24. The minimum atomic E-state index is -1.48. The van der Waals surface area contributed by atoms with Crippen LogP contribution in [0.4, 0.5) is 5.69 Å². The molecule has 4 nitrogen and oxygen atoms in total. The normalized spacial score (nSPS) is 13.9. The molecule has 0 saturated heterocycles. The van der Waals surface area contributed by atoms with Crippen LogP contribution in [0.15, 0.2) is 23.1 Å². The van der Waals surface area contributed by atoms with Gasteiger partial charge in [-0.15, -0.1) is 0 Å². The van der Waals surface area contributed by atoms with Crippen LogP contribution in [-0.2, 0) is 15.6 Å². The van der Waals surface area contributed by atoms with Crippen LogP contribution in [-0.4, -0.2) is 21.9 Å². The van der Waals surface area contributed by atoms with Gasteiger partial charge in [-0.1, -0.05) is 18.5 Å². The molecule has 0 aromatic heterocycles. The van der Waals surface area contributed by atoms with E-state index < -0.39 is 16.0 Å². The van der Waals surface area contributed by atoms with Crippen LogP contribution in [0.2, 0.25) is 5.02 Å². The predicted octanol–water partition coefficient (Wildman–Crippen LogP) is 1.94. The SMILES string of the molecule is CCCNC(=O)C(C)S(=O)c1ccc(N)cc1Cl. The van der Waals surface area contributed by atoms with Crippen molar-refractivity contribution in [3.05, 3.63) is 23.2 Å². The van der Waals surface area contributed by atoms with Gasteiger partial charge in [0.15, 0.2) is 0 Å². The van der Waals surface area contributed by atoms with Crippen LogP contribution in [0, 0.1) is 0 Å². The van der Waals surface area contributed by atoms with E-state index in [1.807, 2.05) is 6.92 Å². The molecule has 0 aliphatic carbocycles. The number of rotatable bonds is 5. The van der Waals surface area contributed by atoms with Crippen molar-refractivity contribution in [3.8, 4) is 0 Å². The van der Waals surface area contributed by atoms with E-state index in [0.717, 1.165) is 6.42 Å². The largest absolute Gasteiger partial charge is 0.399 e. The fourth-order valence-electron chi connectivity index (χ4n) is 1.36. The van der Waals surface area contributed by atoms with Gasteiger partial charge in [-0.25, -0.2) is 0 Å². The molecule has 0 radical (unpaired) electrons. The van der Waals surface area contributed by atoms with Gasteiger partial charge in [0, 0.05) is 12.2 Å². The molecule has 0 spiro atoms. The van der Waals surface area contributed by atoms with E-state index in [1.54, 1.807) is 19.1 Å². The fourth-order valence-corrected chi connectivity index (χ4v) is 2.89. The quantitative estimate of drug-likeness (QED) is 0.814. The third-order valence-electron chi connectivity index (χ3n) is 2.41. The number of nitrogens with one attached hydrogen (secondary N) is 1. The van der Waals surface area contributed by atoms with E-state index in [2.05, 4.69) is 5.32 Å². The van der Waals surface area contributed by atoms with Gasteiger partial charge in [0.1, 0.15) is 5.25 Å². The maximum absolute atomic E-state index is 12.2. The number of nitrogens with two attached hydrogens (primary N) is 1. The van der Waals surface area contributed by atoms with Crippen LogP contribution in [0.1, 0.15) is 20.3 Å². The maximum Gasteiger partial charge on any atom is 0.235 e. The van der Waals surface area contributed by atoms with E-state index >= 15 is 0 Å². The summed E-state index contributed by atoms with van der Waals surface area (Å²) in [6, 6.07) is 4.75. The van der Waals surface area contributed by atoms with Crippen molar-refractivity contribution in [2.75, 3.05) is 12.3 Å². The summed E-state index contributed by atoms with van der Waals surface area (Å²) in [5, 5.41) is 2.40. The smallest absolute Gasteiger partial charge is 0.235 e. The van der Waals surface area contributed by atoms with Gasteiger partial charge in [-0.05, 0) is 31.5 Å². The Bertz CT molecular complexity index is 465. The highest BCUT2D eigenvalue weighted by Gasteiger charge is 2.22. The van der Waals surface area contributed by atoms with Crippen LogP contribution in [0.5, 0.6) is 0 Å². The lowest BCUT2D eigenvalue weighted by atomic mass is 10.3. The van der Waals surface area contributed by atoms with E-state index in [9.17, 15) is 9.00 Å². The van der Waals surface area contributed by atoms with Gasteiger partial charge in [-0.3, -0.25) is 9.00 Å². The molecule has 1 aromatic rings. The molecule has 0 aliphatic heterocycles. The first-order chi connectivity index (χ1) is 8.47. The first kappa shape index (κ1) is 15.0. The molecule has 1 rings (SSSR count). The topological polar surface area (TPSA) is 72.2 Å². The Hall–Kier alpha value is -1.07. The number of carbonyl (C=O) groups excluding carboxylic acids is 1. The number of nitrogen functional groups attached to an aromatic ring is 1. The Morgan fingerprint density at radius 1 is 1.56 bits per heavy atom. The molecule has 1 amide bonds. The molecule has 6 heteroatoms. The molecule has 0 aliphatic rings. The van der Waals surface area contributed by atoms with Crippen molar-refractivity contribution < 1.29 is 9.00 Å². The molecular formula is C12H17ClN2O2S. The van der Waals surface area contributed by atoms with Crippen molar-refractivity contribution >= 4 is 34.0 Å². The second-order valence-electron chi connectivity index (χ2n) is 3.92. The zero-order valence-electron chi connectivity index (χ0n) is 10.4. The summed E-state index contributed by atoms with van der Waals surface area (Å²) in [5.41, 5.74) is 6.07.